The highest BCUT2D eigenvalue weighted by Gasteiger charge is 2.15. The number of aliphatic hydroxyl groups is 1. The van der Waals surface area contributed by atoms with Crippen molar-refractivity contribution < 1.29 is 15.3 Å². The number of azo groups is 4. The first kappa shape index (κ1) is 51.6. The molecule has 0 aliphatic heterocycles. The molecule has 0 aliphatic rings. The Morgan fingerprint density at radius 1 is 0.284 bits per heavy atom. The van der Waals surface area contributed by atoms with Crippen molar-refractivity contribution in [1.82, 2.24) is 0 Å². The molecule has 10 aromatic rings. The largest absolute Gasteiger partial charge is 0.505 e. The van der Waals surface area contributed by atoms with E-state index >= 15 is 0 Å². The number of hydrogen-bond donors (Lipinski definition) is 3. The fourth-order valence-electron chi connectivity index (χ4n) is 9.02. The molecule has 0 heterocycles. The molecule has 3 N–H and O–H groups in total. The summed E-state index contributed by atoms with van der Waals surface area (Å²) in [7, 11) is 1.00. The third kappa shape index (κ3) is 11.0. The van der Waals surface area contributed by atoms with Gasteiger partial charge in [-0.1, -0.05) is 89.5 Å². The first-order valence-electron chi connectivity index (χ1n) is 24.4. The number of aryl methyl sites for hydroxylation is 10. The Kier molecular flexibility index (Phi) is 15.5. The molecule has 0 fully saturated rings. The molecule has 0 saturated heterocycles. The Balaban J connectivity index is 0.000000191. The summed E-state index contributed by atoms with van der Waals surface area (Å²) < 4.78 is 0. The van der Waals surface area contributed by atoms with Gasteiger partial charge in [-0.05, 0) is 197 Å². The van der Waals surface area contributed by atoms with Gasteiger partial charge in [0.05, 0.1) is 34.1 Å². The number of phenolic OH excluding ortho intramolecular Hbond substituents is 2. The minimum absolute atomic E-state index is 0.157. The third-order valence-corrected chi connectivity index (χ3v) is 13.4. The predicted molar refractivity (Wildman–Crippen MR) is 304 cm³/mol. The molecule has 370 valence electrons. The molecule has 0 radical (unpaired) electrons. The second-order valence-electron chi connectivity index (χ2n) is 18.7. The number of aliphatic hydroxyl groups excluding tert-OH is 1. The van der Waals surface area contributed by atoms with Crippen molar-refractivity contribution in [2.75, 3.05) is 7.11 Å². The Morgan fingerprint density at radius 2 is 0.689 bits per heavy atom. The highest BCUT2D eigenvalue weighted by molar-refractivity contribution is 6.01. The topological polar surface area (TPSA) is 160 Å². The molecule has 0 spiro atoms. The highest BCUT2D eigenvalue weighted by atomic mass is 16.3. The number of phenols is 2. The summed E-state index contributed by atoms with van der Waals surface area (Å²) >= 11 is 0. The molecule has 0 aromatic heterocycles. The number of fused-ring (bicyclic) bond motifs is 4. The lowest BCUT2D eigenvalue weighted by Gasteiger charge is -2.12. The van der Waals surface area contributed by atoms with E-state index in [1.54, 1.807) is 0 Å². The van der Waals surface area contributed by atoms with Gasteiger partial charge >= 0.3 is 0 Å². The summed E-state index contributed by atoms with van der Waals surface area (Å²) in [5, 5.41) is 72.5. The maximum absolute atomic E-state index is 11.1. The molecule has 74 heavy (non-hydrogen) atoms. The highest BCUT2D eigenvalue weighted by Crippen LogP contribution is 2.43. The van der Waals surface area contributed by atoms with Crippen LogP contribution < -0.4 is 0 Å². The molecule has 0 unspecified atom stereocenters. The van der Waals surface area contributed by atoms with E-state index < -0.39 is 0 Å². The molecule has 11 heteroatoms. The quantitative estimate of drug-likeness (QED) is 0.130. The number of nitrogens with zero attached hydrogens (tertiary/aromatic N) is 8. The standard InChI is InChI=1S/2C31H28N4O.CH4O/c1-18-6-9-23(10-7-18)32-33-27-14-15-28(26-16-19(2)8-11-25(26)27)34-35-29-13-12-24-21(4)17-20(3)22(5)30(24)31(29)36;1-18-9-11-24(12-10-18)32-35-29-17-23-7-6-8-27(26(23)16-21(29)4)33-34-28-14-13-25-20(3)15-19(2)22(5)30(25)31(28)36;1-2/h2*6-17,36H,1-5H3;2H,1H3. The van der Waals surface area contributed by atoms with Crippen LogP contribution in [0.15, 0.2) is 187 Å². The number of rotatable bonds is 8. The molecule has 10 rings (SSSR count). The number of hydrogen-bond acceptors (Lipinski definition) is 11. The van der Waals surface area contributed by atoms with Crippen molar-refractivity contribution in [1.29, 1.82) is 0 Å². The molecule has 0 aliphatic carbocycles. The molecule has 0 amide bonds. The van der Waals surface area contributed by atoms with Crippen LogP contribution in [0.25, 0.3) is 43.1 Å². The molecular formula is C63H60N8O3. The minimum Gasteiger partial charge on any atom is -0.505 e. The zero-order valence-electron chi connectivity index (χ0n) is 43.8. The summed E-state index contributed by atoms with van der Waals surface area (Å²) in [5.41, 5.74) is 16.7. The first-order valence-corrected chi connectivity index (χ1v) is 24.4. The second-order valence-corrected chi connectivity index (χ2v) is 18.7. The molecule has 10 aromatic carbocycles. The zero-order chi connectivity index (χ0) is 52.8. The van der Waals surface area contributed by atoms with Crippen LogP contribution in [0, 0.1) is 69.2 Å². The van der Waals surface area contributed by atoms with Crippen LogP contribution in [-0.2, 0) is 0 Å². The molecule has 0 bridgehead atoms. The van der Waals surface area contributed by atoms with E-state index in [1.165, 1.54) is 11.1 Å². The Labute approximate surface area is 432 Å². The molecule has 11 nitrogen and oxygen atoms in total. The normalized spacial score (nSPS) is 11.7. The summed E-state index contributed by atoms with van der Waals surface area (Å²) in [6.45, 7) is 20.4. The van der Waals surface area contributed by atoms with E-state index in [1.807, 2.05) is 157 Å². The average Bonchev–Trinajstić information content (AvgIpc) is 3.39. The fraction of sp³-hybridized carbons (Fsp3) is 0.175. The lowest BCUT2D eigenvalue weighted by Crippen LogP contribution is -1.88. The molecule has 0 atom stereocenters. The van der Waals surface area contributed by atoms with Gasteiger partial charge in [-0.25, -0.2) is 0 Å². The fourth-order valence-corrected chi connectivity index (χ4v) is 9.02. The Bertz CT molecular complexity index is 3880. The average molecular weight is 977 g/mol. The van der Waals surface area contributed by atoms with Crippen LogP contribution in [0.2, 0.25) is 0 Å². The second kappa shape index (κ2) is 22.3. The monoisotopic (exact) mass is 976 g/mol. The van der Waals surface area contributed by atoms with Gasteiger partial charge in [0.2, 0.25) is 0 Å². The first-order chi connectivity index (χ1) is 35.6. The van der Waals surface area contributed by atoms with Gasteiger partial charge in [0.1, 0.15) is 11.4 Å². The summed E-state index contributed by atoms with van der Waals surface area (Å²) in [6.07, 6.45) is 0. The van der Waals surface area contributed by atoms with Crippen LogP contribution in [-0.4, -0.2) is 22.4 Å². The van der Waals surface area contributed by atoms with Gasteiger partial charge < -0.3 is 15.3 Å². The van der Waals surface area contributed by atoms with Gasteiger partial charge in [0, 0.05) is 34.0 Å². The smallest absolute Gasteiger partial charge is 0.151 e. The van der Waals surface area contributed by atoms with E-state index in [2.05, 4.69) is 98.9 Å². The number of aromatic hydroxyl groups is 2. The van der Waals surface area contributed by atoms with Crippen molar-refractivity contribution in [3.8, 4) is 11.5 Å². The Morgan fingerprint density at radius 3 is 1.20 bits per heavy atom. The van der Waals surface area contributed by atoms with Gasteiger partial charge in [-0.15, -0.1) is 25.6 Å². The van der Waals surface area contributed by atoms with E-state index in [9.17, 15) is 10.2 Å². The van der Waals surface area contributed by atoms with Crippen molar-refractivity contribution in [2.45, 2.75) is 69.2 Å². The van der Waals surface area contributed by atoms with Crippen molar-refractivity contribution in [3.05, 3.63) is 201 Å². The van der Waals surface area contributed by atoms with Crippen molar-refractivity contribution in [3.63, 3.8) is 0 Å². The van der Waals surface area contributed by atoms with Crippen molar-refractivity contribution >= 4 is 88.6 Å². The number of benzene rings is 10. The van der Waals surface area contributed by atoms with Crippen LogP contribution in [0.3, 0.4) is 0 Å². The lowest BCUT2D eigenvalue weighted by molar-refractivity contribution is 0.399. The van der Waals surface area contributed by atoms with Crippen LogP contribution in [0.4, 0.5) is 45.5 Å². The molecular weight excluding hydrogens is 917 g/mol. The SMILES string of the molecule is CO.Cc1ccc(N=Nc2cc3cccc(N=Nc4ccc5c(C)cc(C)c(C)c5c4O)c3cc2C)cc1.Cc1ccc(N=Nc2ccc(N=Nc3ccc4c(C)cc(C)c(C)c4c3O)c3cc(C)ccc23)cc1. The Hall–Kier alpha value is -8.80. The zero-order valence-corrected chi connectivity index (χ0v) is 43.8. The lowest BCUT2D eigenvalue weighted by atomic mass is 9.95. The molecule has 0 saturated carbocycles. The minimum atomic E-state index is 0.157. The van der Waals surface area contributed by atoms with E-state index in [-0.39, 0.29) is 11.5 Å². The summed E-state index contributed by atoms with van der Waals surface area (Å²) in [4.78, 5) is 0. The summed E-state index contributed by atoms with van der Waals surface area (Å²) in [5.74, 6) is 0.320. The van der Waals surface area contributed by atoms with Gasteiger partial charge in [0.15, 0.2) is 11.5 Å². The van der Waals surface area contributed by atoms with Crippen molar-refractivity contribution in [2.24, 2.45) is 40.9 Å². The van der Waals surface area contributed by atoms with E-state index in [4.69, 9.17) is 5.11 Å². The van der Waals surface area contributed by atoms with Gasteiger partial charge in [0.25, 0.3) is 0 Å². The maximum atomic E-state index is 11.1. The summed E-state index contributed by atoms with van der Waals surface area (Å²) in [6, 6.07) is 47.8. The van der Waals surface area contributed by atoms with E-state index in [0.717, 1.165) is 123 Å². The maximum Gasteiger partial charge on any atom is 0.151 e. The van der Waals surface area contributed by atoms with Crippen LogP contribution >= 0.6 is 0 Å². The third-order valence-electron chi connectivity index (χ3n) is 13.4. The van der Waals surface area contributed by atoms with Crippen LogP contribution in [0.5, 0.6) is 11.5 Å². The van der Waals surface area contributed by atoms with E-state index in [0.29, 0.717) is 17.1 Å². The van der Waals surface area contributed by atoms with Gasteiger partial charge in [-0.3, -0.25) is 0 Å². The van der Waals surface area contributed by atoms with Gasteiger partial charge in [-0.2, -0.15) is 15.3 Å². The predicted octanol–water partition coefficient (Wildman–Crippen LogP) is 19.8. The van der Waals surface area contributed by atoms with Crippen LogP contribution in [0.1, 0.15) is 55.6 Å².